The first-order chi connectivity index (χ1) is 0. The second-order valence-electron chi connectivity index (χ2n) is 0. The molecule has 4 heavy (non-hydrogen) atoms. The standard InChI is InChI=1S/AsH3.Ga.In.K.4H/h1H3;;;;;;;. The quantitative estimate of drug-likeness (QED) is 0.410. The Morgan fingerprint density at radius 3 is 1.00 bits per heavy atom. The molecule has 0 nitrogen and oxygen atoms in total. The predicted octanol–water partition coefficient (Wildman–Crippen LogP) is -3.40. The van der Waals surface area contributed by atoms with Crippen LogP contribution in [0.1, 0.15) is 0 Å². The molecule has 0 rings (SSSR count). The average molecular weight is 306 g/mol. The van der Waals surface area contributed by atoms with Crippen molar-refractivity contribution in [2.75, 3.05) is 0 Å². The molecule has 19 valence electrons. The van der Waals surface area contributed by atoms with Crippen molar-refractivity contribution < 1.29 is 0 Å². The third kappa shape index (κ3) is 9.20. The second kappa shape index (κ2) is 15.9. The zero-order valence-corrected chi connectivity index (χ0v) is 7.55. The van der Waals surface area contributed by atoms with Gasteiger partial charge in [0.1, 0.15) is 0 Å². The van der Waals surface area contributed by atoms with Crippen LogP contribution in [0.3, 0.4) is 0 Å². The van der Waals surface area contributed by atoms with Gasteiger partial charge < -0.3 is 0 Å². The summed E-state index contributed by atoms with van der Waals surface area (Å²) in [6.07, 6.45) is 0. The minimum atomic E-state index is 0. The Kier molecular flexibility index (Phi) is 100. The van der Waals surface area contributed by atoms with Crippen molar-refractivity contribution in [3.63, 3.8) is 0 Å². The topological polar surface area (TPSA) is 0 Å². The normalized spacial score (nSPS) is 0. The Hall–Kier alpha value is 3.70. The first-order valence-electron chi connectivity index (χ1n) is 0. The van der Waals surface area contributed by atoms with Gasteiger partial charge in [-0.05, 0) is 0 Å². The van der Waals surface area contributed by atoms with E-state index in [1.807, 2.05) is 0 Å². The zero-order valence-electron chi connectivity index (χ0n) is 1.28. The third-order valence-corrected chi connectivity index (χ3v) is 0. The van der Waals surface area contributed by atoms with Crippen molar-refractivity contribution in [2.24, 2.45) is 0 Å². The van der Waals surface area contributed by atoms with E-state index in [4.69, 9.17) is 0 Å². The van der Waals surface area contributed by atoms with Crippen LogP contribution in [-0.2, 0) is 0 Å². The maximum absolute atomic E-state index is 0. The summed E-state index contributed by atoms with van der Waals surface area (Å²) in [5.74, 6) is 0. The van der Waals surface area contributed by atoms with Gasteiger partial charge in [-0.25, -0.2) is 0 Å². The van der Waals surface area contributed by atoms with E-state index in [9.17, 15) is 0 Å². The molecule has 0 N–H and O–H groups in total. The van der Waals surface area contributed by atoms with Gasteiger partial charge in [-0.2, -0.15) is 0 Å². The van der Waals surface area contributed by atoms with Crippen molar-refractivity contribution in [3.05, 3.63) is 0 Å². The molecule has 0 saturated heterocycles. The first-order valence-corrected chi connectivity index (χ1v) is 0. The number of hydrogen-bond donors (Lipinski definition) is 0. The summed E-state index contributed by atoms with van der Waals surface area (Å²) >= 11 is 0. The summed E-state index contributed by atoms with van der Waals surface area (Å²) < 4.78 is 0. The molecule has 0 fully saturated rings. The van der Waals surface area contributed by atoms with Crippen molar-refractivity contribution in [1.82, 2.24) is 0 Å². The van der Waals surface area contributed by atoms with Crippen LogP contribution in [0.15, 0.2) is 0 Å². The summed E-state index contributed by atoms with van der Waals surface area (Å²) in [6.45, 7) is 0. The molecule has 1 unspecified atom stereocenters. The van der Waals surface area contributed by atoms with Gasteiger partial charge in [-0.3, -0.25) is 0 Å². The molecule has 0 aliphatic carbocycles. The van der Waals surface area contributed by atoms with Crippen LogP contribution >= 0.6 is 0 Å². The average Bonchev–Trinajstić information content (AvgIpc) is 0. The van der Waals surface area contributed by atoms with E-state index < -0.39 is 0 Å². The molecule has 0 heterocycles. The molecule has 4 heteroatoms. The van der Waals surface area contributed by atoms with E-state index in [-0.39, 0.29) is 115 Å². The SMILES string of the molecule is [AsH3].[GaH3].[In].[KH]. The number of rotatable bonds is 0. The van der Waals surface area contributed by atoms with Gasteiger partial charge in [-0.1, -0.05) is 0 Å². The van der Waals surface area contributed by atoms with Crippen molar-refractivity contribution in [2.45, 2.75) is 0 Å². The van der Waals surface area contributed by atoms with E-state index in [2.05, 4.69) is 0 Å². The van der Waals surface area contributed by atoms with Crippen LogP contribution < -0.4 is 0 Å². The van der Waals surface area contributed by atoms with E-state index in [0.29, 0.717) is 0 Å². The zero-order chi connectivity index (χ0) is 0. The van der Waals surface area contributed by atoms with Gasteiger partial charge in [0.05, 0.1) is 0 Å². The Morgan fingerprint density at radius 2 is 1.00 bits per heavy atom. The van der Waals surface area contributed by atoms with Gasteiger partial charge in [0.2, 0.25) is 0 Å². The van der Waals surface area contributed by atoms with Crippen molar-refractivity contribution >= 4 is 115 Å². The summed E-state index contributed by atoms with van der Waals surface area (Å²) in [5.41, 5.74) is 0. The summed E-state index contributed by atoms with van der Waals surface area (Å²) in [5, 5.41) is 0. The predicted molar refractivity (Wildman–Crippen MR) is 32.8 cm³/mol. The van der Waals surface area contributed by atoms with Crippen molar-refractivity contribution in [1.29, 1.82) is 0 Å². The van der Waals surface area contributed by atoms with Crippen LogP contribution in [0, 0.1) is 0 Å². The van der Waals surface area contributed by atoms with Crippen LogP contribution in [0.2, 0.25) is 0 Å². The summed E-state index contributed by atoms with van der Waals surface area (Å²) in [4.78, 5) is 0. The molecule has 0 spiro atoms. The molecule has 0 aromatic carbocycles. The van der Waals surface area contributed by atoms with Crippen molar-refractivity contribution in [3.8, 4) is 0 Å². The third-order valence-electron chi connectivity index (χ3n) is 0. The molecule has 0 amide bonds. The number of hydrogen-bond acceptors (Lipinski definition) is 0. The Morgan fingerprint density at radius 1 is 1.00 bits per heavy atom. The first kappa shape index (κ1) is 25.2. The Labute approximate surface area is 112 Å². The van der Waals surface area contributed by atoms with Gasteiger partial charge >= 0.3 is 89.1 Å². The van der Waals surface area contributed by atoms with Crippen LogP contribution in [-0.4, -0.2) is 115 Å². The fourth-order valence-electron chi connectivity index (χ4n) is 0. The molecule has 0 bridgehead atoms. The van der Waals surface area contributed by atoms with E-state index in [0.717, 1.165) is 0 Å². The van der Waals surface area contributed by atoms with Gasteiger partial charge in [0, 0.05) is 25.8 Å². The summed E-state index contributed by atoms with van der Waals surface area (Å²) in [6, 6.07) is 0. The van der Waals surface area contributed by atoms with Crippen LogP contribution in [0.4, 0.5) is 0 Å². The van der Waals surface area contributed by atoms with Crippen LogP contribution in [0.5, 0.6) is 0 Å². The van der Waals surface area contributed by atoms with Gasteiger partial charge in [0.15, 0.2) is 0 Å². The van der Waals surface area contributed by atoms with Gasteiger partial charge in [-0.15, -0.1) is 0 Å². The second-order valence-corrected chi connectivity index (χ2v) is 0. The monoisotopic (exact) mass is 305 g/mol. The molecule has 3 radical (unpaired) electrons. The molecule has 0 aliphatic rings. The van der Waals surface area contributed by atoms with Gasteiger partial charge in [0.25, 0.3) is 0 Å². The Bertz CT molecular complexity index is 8.00. The van der Waals surface area contributed by atoms with E-state index in [1.54, 1.807) is 0 Å². The molecule has 0 aliphatic heterocycles. The Balaban J connectivity index is 0. The minimum absolute atomic E-state index is 0. The van der Waals surface area contributed by atoms with E-state index in [1.165, 1.54) is 0 Å². The molecule has 0 aromatic heterocycles. The van der Waals surface area contributed by atoms with Crippen LogP contribution in [0.25, 0.3) is 0 Å². The summed E-state index contributed by atoms with van der Waals surface area (Å²) in [7, 11) is 0. The fraction of sp³-hybridized carbons (Fsp3) is 0. The molecule has 0 aromatic rings. The molecule has 1 atom stereocenters. The molecular formula is H7AsGaInK. The molecule has 0 saturated carbocycles. The van der Waals surface area contributed by atoms with E-state index >= 15 is 0 Å². The molecular weight excluding hydrogens is 299 g/mol. The fourth-order valence-corrected chi connectivity index (χ4v) is 0. The maximum atomic E-state index is 0.